The Hall–Kier alpha value is -7.43. The van der Waals surface area contributed by atoms with Crippen molar-refractivity contribution >= 4 is 54.3 Å². The number of rotatable bonds is 5. The maximum Gasteiger partial charge on any atom is 0.164 e. The fourth-order valence-corrected chi connectivity index (χ4v) is 7.87. The fraction of sp³-hybridized carbons (Fsp3) is 0. The number of hydrogen-bond acceptors (Lipinski definition) is 4. The van der Waals surface area contributed by atoms with Gasteiger partial charge < -0.3 is 4.42 Å². The van der Waals surface area contributed by atoms with E-state index >= 15 is 0 Å². The van der Waals surface area contributed by atoms with Crippen LogP contribution in [0, 0.1) is 0 Å². The van der Waals surface area contributed by atoms with E-state index in [0.717, 1.165) is 76.7 Å². The zero-order valence-electron chi connectivity index (χ0n) is 29.6. The molecule has 0 saturated carbocycles. The lowest BCUT2D eigenvalue weighted by Crippen LogP contribution is -2.01. The number of hydrogen-bond donors (Lipinski definition) is 0. The lowest BCUT2D eigenvalue weighted by Gasteiger charge is -2.13. The first-order valence-corrected chi connectivity index (χ1v) is 18.5. The number of para-hydroxylation sites is 1. The van der Waals surface area contributed by atoms with Crippen LogP contribution in [0.5, 0.6) is 0 Å². The first kappa shape index (κ1) is 31.1. The van der Waals surface area contributed by atoms with Gasteiger partial charge in [0.05, 0.1) is 0 Å². The highest BCUT2D eigenvalue weighted by Crippen LogP contribution is 2.41. The van der Waals surface area contributed by atoms with E-state index in [2.05, 4.69) is 164 Å². The molecular weight excluding hydrogens is 671 g/mol. The van der Waals surface area contributed by atoms with Gasteiger partial charge in [-0.25, -0.2) is 15.0 Å². The highest BCUT2D eigenvalue weighted by molar-refractivity contribution is 6.19. The van der Waals surface area contributed by atoms with Crippen LogP contribution in [0.1, 0.15) is 0 Å². The highest BCUT2D eigenvalue weighted by atomic mass is 16.3. The Kier molecular flexibility index (Phi) is 7.14. The maximum absolute atomic E-state index is 6.60. The van der Waals surface area contributed by atoms with E-state index in [9.17, 15) is 0 Å². The molecule has 4 heteroatoms. The van der Waals surface area contributed by atoms with Crippen molar-refractivity contribution in [1.82, 2.24) is 15.0 Å². The van der Waals surface area contributed by atoms with Crippen molar-refractivity contribution in [3.8, 4) is 56.4 Å². The van der Waals surface area contributed by atoms with Gasteiger partial charge >= 0.3 is 0 Å². The van der Waals surface area contributed by atoms with Crippen molar-refractivity contribution < 1.29 is 4.42 Å². The fourth-order valence-electron chi connectivity index (χ4n) is 7.87. The minimum Gasteiger partial charge on any atom is -0.455 e. The van der Waals surface area contributed by atoms with Crippen LogP contribution in [-0.4, -0.2) is 15.0 Å². The SMILES string of the molecule is c1ccc(-c2ccc3cc(-c4nc(-c5ccc6ccccc6c5)nc(-c5cc6c7ccccc7oc6c6cc(-c7ccccc7)ccc56)n4)ccc3c2)cc1. The summed E-state index contributed by atoms with van der Waals surface area (Å²) in [5, 5.41) is 8.69. The molecule has 0 amide bonds. The van der Waals surface area contributed by atoms with Crippen LogP contribution in [0.4, 0.5) is 0 Å². The molecule has 256 valence electrons. The maximum atomic E-state index is 6.60. The summed E-state index contributed by atoms with van der Waals surface area (Å²) in [4.78, 5) is 15.7. The molecule has 2 aromatic heterocycles. The van der Waals surface area contributed by atoms with E-state index in [-0.39, 0.29) is 0 Å². The van der Waals surface area contributed by atoms with Gasteiger partial charge in [0.1, 0.15) is 11.2 Å². The number of aromatic nitrogens is 3. The molecule has 0 N–H and O–H groups in total. The molecule has 0 aliphatic rings. The number of fused-ring (bicyclic) bond motifs is 7. The first-order chi connectivity index (χ1) is 27.2. The predicted octanol–water partition coefficient (Wildman–Crippen LogP) is 13.6. The third-order valence-electron chi connectivity index (χ3n) is 10.7. The van der Waals surface area contributed by atoms with Crippen molar-refractivity contribution in [2.45, 2.75) is 0 Å². The summed E-state index contributed by atoms with van der Waals surface area (Å²) in [7, 11) is 0. The normalized spacial score (nSPS) is 11.6. The zero-order chi connectivity index (χ0) is 36.3. The van der Waals surface area contributed by atoms with E-state index in [4.69, 9.17) is 19.4 Å². The summed E-state index contributed by atoms with van der Waals surface area (Å²) in [6, 6.07) is 65.8. The second-order valence-corrected chi connectivity index (χ2v) is 14.0. The molecule has 0 radical (unpaired) electrons. The standard InChI is InChI=1S/C51H31N3O/c1-3-11-32(12-4-1)36-20-21-38-29-41(24-22-37(38)27-36)50-52-49(40-23-19-34-15-7-8-16-35(34)28-40)53-51(54-50)46-31-45-43-17-9-10-18-47(43)55-48(45)44-30-39(25-26-42(44)46)33-13-5-2-6-14-33/h1-31H. The minimum absolute atomic E-state index is 0.609. The molecule has 0 spiro atoms. The van der Waals surface area contributed by atoms with Gasteiger partial charge in [0.15, 0.2) is 17.5 Å². The molecule has 11 aromatic rings. The van der Waals surface area contributed by atoms with Gasteiger partial charge in [-0.1, -0.05) is 152 Å². The lowest BCUT2D eigenvalue weighted by molar-refractivity contribution is 0.672. The average Bonchev–Trinajstić information content (AvgIpc) is 3.65. The molecule has 4 nitrogen and oxygen atoms in total. The van der Waals surface area contributed by atoms with Crippen LogP contribution in [0.25, 0.3) is 111 Å². The smallest absolute Gasteiger partial charge is 0.164 e. The molecule has 0 aliphatic heterocycles. The van der Waals surface area contributed by atoms with Crippen molar-refractivity contribution in [3.05, 3.63) is 188 Å². The van der Waals surface area contributed by atoms with Gasteiger partial charge in [-0.3, -0.25) is 0 Å². The molecular formula is C51H31N3O. The van der Waals surface area contributed by atoms with Crippen LogP contribution in [0.2, 0.25) is 0 Å². The third-order valence-corrected chi connectivity index (χ3v) is 10.7. The molecule has 55 heavy (non-hydrogen) atoms. The summed E-state index contributed by atoms with van der Waals surface area (Å²) in [5.74, 6) is 1.85. The van der Waals surface area contributed by atoms with Gasteiger partial charge in [-0.2, -0.15) is 0 Å². The zero-order valence-corrected chi connectivity index (χ0v) is 29.6. The monoisotopic (exact) mass is 701 g/mol. The number of nitrogens with zero attached hydrogens (tertiary/aromatic N) is 3. The van der Waals surface area contributed by atoms with Crippen LogP contribution >= 0.6 is 0 Å². The third kappa shape index (κ3) is 5.43. The van der Waals surface area contributed by atoms with Gasteiger partial charge in [-0.05, 0) is 85.6 Å². The topological polar surface area (TPSA) is 51.8 Å². The number of benzene rings is 9. The quantitative estimate of drug-likeness (QED) is 0.179. The molecule has 11 rings (SSSR count). The molecule has 0 saturated heterocycles. The Balaban J connectivity index is 1.15. The summed E-state index contributed by atoms with van der Waals surface area (Å²) in [6.45, 7) is 0. The van der Waals surface area contributed by atoms with Crippen molar-refractivity contribution in [3.63, 3.8) is 0 Å². The van der Waals surface area contributed by atoms with Crippen molar-refractivity contribution in [2.24, 2.45) is 0 Å². The second-order valence-electron chi connectivity index (χ2n) is 14.0. The molecule has 0 fully saturated rings. The van der Waals surface area contributed by atoms with Crippen molar-refractivity contribution in [2.75, 3.05) is 0 Å². The summed E-state index contributed by atoms with van der Waals surface area (Å²) in [5.41, 5.74) is 9.13. The van der Waals surface area contributed by atoms with E-state index in [1.54, 1.807) is 0 Å². The molecule has 0 bridgehead atoms. The first-order valence-electron chi connectivity index (χ1n) is 18.5. The van der Waals surface area contributed by atoms with E-state index in [1.807, 2.05) is 24.3 Å². The molecule has 2 heterocycles. The lowest BCUT2D eigenvalue weighted by atomic mass is 9.95. The summed E-state index contributed by atoms with van der Waals surface area (Å²) < 4.78 is 6.60. The van der Waals surface area contributed by atoms with E-state index < -0.39 is 0 Å². The summed E-state index contributed by atoms with van der Waals surface area (Å²) in [6.07, 6.45) is 0. The molecule has 0 unspecified atom stereocenters. The van der Waals surface area contributed by atoms with Gasteiger partial charge in [0.25, 0.3) is 0 Å². The predicted molar refractivity (Wildman–Crippen MR) is 227 cm³/mol. The Bertz CT molecular complexity index is 3260. The molecule has 9 aromatic carbocycles. The van der Waals surface area contributed by atoms with Crippen LogP contribution in [-0.2, 0) is 0 Å². The minimum atomic E-state index is 0.609. The molecule has 0 aliphatic carbocycles. The Morgan fingerprint density at radius 2 is 0.782 bits per heavy atom. The van der Waals surface area contributed by atoms with Crippen molar-refractivity contribution in [1.29, 1.82) is 0 Å². The molecule has 0 atom stereocenters. The van der Waals surface area contributed by atoms with Gasteiger partial charge in [0.2, 0.25) is 0 Å². The summed E-state index contributed by atoms with van der Waals surface area (Å²) >= 11 is 0. The highest BCUT2D eigenvalue weighted by Gasteiger charge is 2.20. The Labute approximate surface area is 317 Å². The average molecular weight is 702 g/mol. The van der Waals surface area contributed by atoms with Crippen LogP contribution in [0.3, 0.4) is 0 Å². The second kappa shape index (κ2) is 12.6. The Morgan fingerprint density at radius 3 is 1.49 bits per heavy atom. The van der Waals surface area contributed by atoms with Gasteiger partial charge in [0, 0.05) is 32.8 Å². The van der Waals surface area contributed by atoms with E-state index in [0.29, 0.717) is 17.5 Å². The van der Waals surface area contributed by atoms with Gasteiger partial charge in [-0.15, -0.1) is 0 Å². The number of furan rings is 1. The van der Waals surface area contributed by atoms with E-state index in [1.165, 1.54) is 16.5 Å². The Morgan fingerprint density at radius 1 is 0.291 bits per heavy atom. The van der Waals surface area contributed by atoms with Crippen LogP contribution < -0.4 is 0 Å². The largest absolute Gasteiger partial charge is 0.455 e. The van der Waals surface area contributed by atoms with Crippen LogP contribution in [0.15, 0.2) is 192 Å².